The van der Waals surface area contributed by atoms with E-state index in [0.717, 1.165) is 36.5 Å². The minimum atomic E-state index is -0.0325. The number of hydrogen-bond acceptors (Lipinski definition) is 1. The molecule has 0 spiro atoms. The van der Waals surface area contributed by atoms with E-state index >= 15 is 0 Å². The molecule has 0 aromatic rings. The van der Waals surface area contributed by atoms with Crippen molar-refractivity contribution >= 4 is 0 Å². The highest BCUT2D eigenvalue weighted by molar-refractivity contribution is 5.12. The Morgan fingerprint density at radius 1 is 0.913 bits per heavy atom. The van der Waals surface area contributed by atoms with Gasteiger partial charge in [-0.05, 0) is 91.3 Å². The SMILES string of the molecule is CC(C)(C)[C@]12CC[C@H]3[C@@H](CC[C@H]4CCCC[C@@]43C)[C@@H]1C[C@H](O)C2. The van der Waals surface area contributed by atoms with Crippen molar-refractivity contribution in [3.8, 4) is 0 Å². The number of rotatable bonds is 0. The monoisotopic (exact) mass is 318 g/mol. The van der Waals surface area contributed by atoms with Crippen molar-refractivity contribution < 1.29 is 5.11 Å². The minimum Gasteiger partial charge on any atom is -0.393 e. The number of hydrogen-bond donors (Lipinski definition) is 1. The summed E-state index contributed by atoms with van der Waals surface area (Å²) < 4.78 is 0. The van der Waals surface area contributed by atoms with E-state index in [9.17, 15) is 5.11 Å². The Labute approximate surface area is 143 Å². The van der Waals surface area contributed by atoms with Gasteiger partial charge in [-0.2, -0.15) is 0 Å². The van der Waals surface area contributed by atoms with Gasteiger partial charge in [-0.1, -0.05) is 40.5 Å². The summed E-state index contributed by atoms with van der Waals surface area (Å²) in [5, 5.41) is 10.6. The fraction of sp³-hybridized carbons (Fsp3) is 1.00. The summed E-state index contributed by atoms with van der Waals surface area (Å²) in [6.45, 7) is 10.0. The van der Waals surface area contributed by atoms with Gasteiger partial charge in [0.1, 0.15) is 0 Å². The zero-order valence-electron chi connectivity index (χ0n) is 15.9. The fourth-order valence-corrected chi connectivity index (χ4v) is 8.20. The summed E-state index contributed by atoms with van der Waals surface area (Å²) in [4.78, 5) is 0. The molecular weight excluding hydrogens is 280 g/mol. The summed E-state index contributed by atoms with van der Waals surface area (Å²) in [6.07, 6.45) is 13.8. The van der Waals surface area contributed by atoms with Gasteiger partial charge < -0.3 is 5.11 Å². The maximum Gasteiger partial charge on any atom is 0.0548 e. The molecule has 0 bridgehead atoms. The van der Waals surface area contributed by atoms with Gasteiger partial charge in [0.15, 0.2) is 0 Å². The van der Waals surface area contributed by atoms with Crippen molar-refractivity contribution in [3.63, 3.8) is 0 Å². The molecule has 23 heavy (non-hydrogen) atoms. The molecule has 0 amide bonds. The first-order valence-electron chi connectivity index (χ1n) is 10.5. The van der Waals surface area contributed by atoms with Crippen LogP contribution in [-0.2, 0) is 0 Å². The Kier molecular flexibility index (Phi) is 3.73. The molecule has 1 N–H and O–H groups in total. The third-order valence-electron chi connectivity index (χ3n) is 9.41. The molecule has 0 radical (unpaired) electrons. The molecule has 4 fully saturated rings. The molecule has 132 valence electrons. The minimum absolute atomic E-state index is 0.0325. The molecule has 0 aliphatic heterocycles. The van der Waals surface area contributed by atoms with E-state index in [-0.39, 0.29) is 6.10 Å². The highest BCUT2D eigenvalue weighted by atomic mass is 16.3. The molecule has 1 heteroatoms. The summed E-state index contributed by atoms with van der Waals surface area (Å²) in [7, 11) is 0. The predicted molar refractivity (Wildman–Crippen MR) is 96.1 cm³/mol. The highest BCUT2D eigenvalue weighted by Crippen LogP contribution is 2.69. The maximum absolute atomic E-state index is 10.6. The Balaban J connectivity index is 1.68. The number of fused-ring (bicyclic) bond motifs is 5. The van der Waals surface area contributed by atoms with E-state index in [1.807, 2.05) is 0 Å². The van der Waals surface area contributed by atoms with Crippen molar-refractivity contribution in [2.24, 2.45) is 39.9 Å². The van der Waals surface area contributed by atoms with E-state index in [0.29, 0.717) is 16.2 Å². The molecular formula is C22H38O. The molecule has 4 aliphatic carbocycles. The maximum atomic E-state index is 10.6. The Hall–Kier alpha value is -0.0400. The van der Waals surface area contributed by atoms with Crippen molar-refractivity contribution in [1.29, 1.82) is 0 Å². The lowest BCUT2D eigenvalue weighted by molar-refractivity contribution is -0.135. The van der Waals surface area contributed by atoms with E-state index in [2.05, 4.69) is 27.7 Å². The second-order valence-corrected chi connectivity index (χ2v) is 10.9. The lowest BCUT2D eigenvalue weighted by Gasteiger charge is -2.62. The van der Waals surface area contributed by atoms with Crippen molar-refractivity contribution in [3.05, 3.63) is 0 Å². The van der Waals surface area contributed by atoms with Crippen LogP contribution in [0.2, 0.25) is 0 Å². The van der Waals surface area contributed by atoms with Gasteiger partial charge in [-0.3, -0.25) is 0 Å². The van der Waals surface area contributed by atoms with Crippen molar-refractivity contribution in [2.45, 2.75) is 98.0 Å². The molecule has 1 nitrogen and oxygen atoms in total. The predicted octanol–water partition coefficient (Wildman–Crippen LogP) is 5.81. The molecule has 4 rings (SSSR count). The molecule has 0 heterocycles. The largest absolute Gasteiger partial charge is 0.393 e. The van der Waals surface area contributed by atoms with Gasteiger partial charge in [0.25, 0.3) is 0 Å². The summed E-state index contributed by atoms with van der Waals surface area (Å²) in [5.74, 6) is 3.65. The van der Waals surface area contributed by atoms with Crippen LogP contribution in [-0.4, -0.2) is 11.2 Å². The zero-order valence-corrected chi connectivity index (χ0v) is 15.9. The van der Waals surface area contributed by atoms with E-state index in [4.69, 9.17) is 0 Å². The van der Waals surface area contributed by atoms with E-state index in [1.165, 1.54) is 51.4 Å². The van der Waals surface area contributed by atoms with Crippen LogP contribution in [0, 0.1) is 39.9 Å². The second-order valence-electron chi connectivity index (χ2n) is 10.9. The summed E-state index contributed by atoms with van der Waals surface area (Å²) in [6, 6.07) is 0. The molecule has 4 aliphatic rings. The van der Waals surface area contributed by atoms with E-state index < -0.39 is 0 Å². The Bertz CT molecular complexity index is 463. The molecule has 0 saturated heterocycles. The Morgan fingerprint density at radius 3 is 2.43 bits per heavy atom. The van der Waals surface area contributed by atoms with Crippen LogP contribution in [0.1, 0.15) is 91.9 Å². The highest BCUT2D eigenvalue weighted by Gasteiger charge is 2.62. The van der Waals surface area contributed by atoms with Crippen LogP contribution in [0.3, 0.4) is 0 Å². The van der Waals surface area contributed by atoms with Crippen LogP contribution in [0.15, 0.2) is 0 Å². The lowest BCUT2D eigenvalue weighted by atomic mass is 9.42. The number of aliphatic hydroxyl groups is 1. The molecule has 0 aromatic carbocycles. The third-order valence-corrected chi connectivity index (χ3v) is 9.41. The standard InChI is InChI=1S/C22H38O/c1-20(2,3)22-12-10-18-17(19(22)13-16(23)14-22)9-8-15-7-5-6-11-21(15,18)4/h15-19,23H,5-14H2,1-4H3/t15-,16+,17-,18+,19+,21+,22+/m1/s1. The van der Waals surface area contributed by atoms with Crippen LogP contribution in [0.5, 0.6) is 0 Å². The fourth-order valence-electron chi connectivity index (χ4n) is 8.20. The summed E-state index contributed by atoms with van der Waals surface area (Å²) in [5.41, 5.74) is 1.37. The van der Waals surface area contributed by atoms with Gasteiger partial charge in [0.2, 0.25) is 0 Å². The first kappa shape index (κ1) is 16.4. The normalized spacial score (nSPS) is 53.3. The summed E-state index contributed by atoms with van der Waals surface area (Å²) >= 11 is 0. The van der Waals surface area contributed by atoms with Gasteiger partial charge in [0, 0.05) is 0 Å². The van der Waals surface area contributed by atoms with Crippen molar-refractivity contribution in [1.82, 2.24) is 0 Å². The van der Waals surface area contributed by atoms with Crippen LogP contribution in [0.25, 0.3) is 0 Å². The van der Waals surface area contributed by atoms with E-state index in [1.54, 1.807) is 0 Å². The molecule has 0 unspecified atom stereocenters. The molecule has 4 saturated carbocycles. The average Bonchev–Trinajstić information content (AvgIpc) is 2.84. The zero-order chi connectivity index (χ0) is 16.5. The van der Waals surface area contributed by atoms with Gasteiger partial charge in [0.05, 0.1) is 6.10 Å². The smallest absolute Gasteiger partial charge is 0.0548 e. The second kappa shape index (κ2) is 5.23. The van der Waals surface area contributed by atoms with Gasteiger partial charge >= 0.3 is 0 Å². The van der Waals surface area contributed by atoms with Crippen LogP contribution >= 0.6 is 0 Å². The molecule has 0 aromatic heterocycles. The van der Waals surface area contributed by atoms with Gasteiger partial charge in [-0.15, -0.1) is 0 Å². The quantitative estimate of drug-likeness (QED) is 0.598. The third kappa shape index (κ3) is 2.21. The Morgan fingerprint density at radius 2 is 1.70 bits per heavy atom. The number of aliphatic hydroxyl groups excluding tert-OH is 1. The molecule has 7 atom stereocenters. The first-order chi connectivity index (χ1) is 10.8. The van der Waals surface area contributed by atoms with Crippen LogP contribution < -0.4 is 0 Å². The average molecular weight is 319 g/mol. The lowest BCUT2D eigenvalue weighted by Crippen LogP contribution is -2.55. The first-order valence-corrected chi connectivity index (χ1v) is 10.5. The van der Waals surface area contributed by atoms with Crippen molar-refractivity contribution in [2.75, 3.05) is 0 Å². The van der Waals surface area contributed by atoms with Gasteiger partial charge in [-0.25, -0.2) is 0 Å². The topological polar surface area (TPSA) is 20.2 Å². The van der Waals surface area contributed by atoms with Crippen LogP contribution in [0.4, 0.5) is 0 Å².